The highest BCUT2D eigenvalue weighted by Crippen LogP contribution is 2.35. The van der Waals surface area contributed by atoms with Gasteiger partial charge in [-0.15, -0.1) is 0 Å². The quantitative estimate of drug-likeness (QED) is 0.512. The van der Waals surface area contributed by atoms with E-state index >= 15 is 0 Å². The van der Waals surface area contributed by atoms with E-state index in [1.165, 1.54) is 18.4 Å². The summed E-state index contributed by atoms with van der Waals surface area (Å²) in [6.45, 7) is 6.21. The van der Waals surface area contributed by atoms with Gasteiger partial charge in [-0.2, -0.15) is 0 Å². The normalized spacial score (nSPS) is 16.1. The summed E-state index contributed by atoms with van der Waals surface area (Å²) < 4.78 is 11.5. The third kappa shape index (κ3) is 5.28. The molecule has 0 bridgehead atoms. The van der Waals surface area contributed by atoms with E-state index in [4.69, 9.17) is 9.26 Å². The minimum Gasteiger partial charge on any atom is -0.378 e. The molecule has 0 unspecified atom stereocenters. The molecule has 1 amide bonds. The second-order valence-corrected chi connectivity index (χ2v) is 9.16. The summed E-state index contributed by atoms with van der Waals surface area (Å²) in [5.74, 6) is 1.51. The highest BCUT2D eigenvalue weighted by Gasteiger charge is 2.31. The molecule has 0 spiro atoms. The number of amides is 1. The lowest BCUT2D eigenvalue weighted by Crippen LogP contribution is -2.38. The molecule has 1 saturated carbocycles. The first-order chi connectivity index (χ1) is 16.2. The SMILES string of the molecule is Cc1cccc(-c2noc(N3CCOCC3)c2CN(CC2CC2)C(=O)Cc2ccccc2)c1. The maximum absolute atomic E-state index is 13.4. The van der Waals surface area contributed by atoms with Crippen LogP contribution < -0.4 is 4.90 Å². The molecule has 1 aliphatic heterocycles. The number of rotatable bonds is 8. The van der Waals surface area contributed by atoms with Crippen LogP contribution in [0.25, 0.3) is 11.3 Å². The van der Waals surface area contributed by atoms with Crippen molar-refractivity contribution in [2.75, 3.05) is 37.7 Å². The zero-order chi connectivity index (χ0) is 22.6. The molecule has 1 aromatic heterocycles. The summed E-state index contributed by atoms with van der Waals surface area (Å²) in [4.78, 5) is 17.6. The second kappa shape index (κ2) is 9.79. The topological polar surface area (TPSA) is 58.8 Å². The maximum Gasteiger partial charge on any atom is 0.233 e. The fourth-order valence-corrected chi connectivity index (χ4v) is 4.42. The zero-order valence-corrected chi connectivity index (χ0v) is 19.2. The second-order valence-electron chi connectivity index (χ2n) is 9.16. The van der Waals surface area contributed by atoms with E-state index in [1.54, 1.807) is 0 Å². The Morgan fingerprint density at radius 1 is 1.09 bits per heavy atom. The first-order valence-electron chi connectivity index (χ1n) is 11.9. The number of anilines is 1. The van der Waals surface area contributed by atoms with E-state index < -0.39 is 0 Å². The van der Waals surface area contributed by atoms with Gasteiger partial charge < -0.3 is 19.1 Å². The molecule has 2 aliphatic rings. The fraction of sp³-hybridized carbons (Fsp3) is 0.407. The van der Waals surface area contributed by atoms with Crippen LogP contribution in [0.2, 0.25) is 0 Å². The first-order valence-corrected chi connectivity index (χ1v) is 11.9. The number of ether oxygens (including phenoxy) is 1. The molecular formula is C27H31N3O3. The van der Waals surface area contributed by atoms with Crippen molar-refractivity contribution in [3.8, 4) is 11.3 Å². The van der Waals surface area contributed by atoms with Gasteiger partial charge in [0, 0.05) is 25.2 Å². The third-order valence-electron chi connectivity index (χ3n) is 6.43. The number of nitrogens with zero attached hydrogens (tertiary/aromatic N) is 3. The minimum absolute atomic E-state index is 0.150. The summed E-state index contributed by atoms with van der Waals surface area (Å²) in [7, 11) is 0. The standard InChI is InChI=1S/C27H31N3O3/c1-20-6-5-9-23(16-20)26-24(27(33-28-26)29-12-14-32-15-13-29)19-30(18-22-10-11-22)25(31)17-21-7-3-2-4-8-21/h2-9,16,22H,10-15,17-19H2,1H3. The van der Waals surface area contributed by atoms with E-state index in [2.05, 4.69) is 35.2 Å². The van der Waals surface area contributed by atoms with E-state index in [9.17, 15) is 4.79 Å². The molecule has 2 heterocycles. The zero-order valence-electron chi connectivity index (χ0n) is 19.2. The summed E-state index contributed by atoms with van der Waals surface area (Å²) >= 11 is 0. The first kappa shape index (κ1) is 21.7. The van der Waals surface area contributed by atoms with Crippen molar-refractivity contribution in [2.24, 2.45) is 5.92 Å². The molecule has 0 radical (unpaired) electrons. The number of morpholine rings is 1. The highest BCUT2D eigenvalue weighted by molar-refractivity contribution is 5.79. The van der Waals surface area contributed by atoms with Crippen LogP contribution in [0.5, 0.6) is 0 Å². The number of carbonyl (C=O) groups is 1. The molecule has 2 fully saturated rings. The van der Waals surface area contributed by atoms with Crippen LogP contribution in [-0.2, 0) is 22.5 Å². The van der Waals surface area contributed by atoms with Crippen LogP contribution in [0.1, 0.15) is 29.5 Å². The van der Waals surface area contributed by atoms with E-state index in [0.717, 1.165) is 47.9 Å². The Morgan fingerprint density at radius 3 is 2.61 bits per heavy atom. The van der Waals surface area contributed by atoms with Crippen LogP contribution in [0.4, 0.5) is 5.88 Å². The van der Waals surface area contributed by atoms with Gasteiger partial charge in [-0.3, -0.25) is 4.79 Å². The molecule has 6 nitrogen and oxygen atoms in total. The largest absolute Gasteiger partial charge is 0.378 e. The number of aromatic nitrogens is 1. The Kier molecular flexibility index (Phi) is 6.44. The molecule has 5 rings (SSSR count). The van der Waals surface area contributed by atoms with Crippen LogP contribution in [0.15, 0.2) is 59.1 Å². The average molecular weight is 446 g/mol. The van der Waals surface area contributed by atoms with Gasteiger partial charge in [0.2, 0.25) is 11.8 Å². The molecular weight excluding hydrogens is 414 g/mol. The lowest BCUT2D eigenvalue weighted by molar-refractivity contribution is -0.131. The molecule has 33 heavy (non-hydrogen) atoms. The van der Waals surface area contributed by atoms with Crippen molar-refractivity contribution in [3.63, 3.8) is 0 Å². The van der Waals surface area contributed by atoms with Gasteiger partial charge in [-0.05, 0) is 37.3 Å². The van der Waals surface area contributed by atoms with Crippen LogP contribution in [-0.4, -0.2) is 48.8 Å². The van der Waals surface area contributed by atoms with Gasteiger partial charge in [0.15, 0.2) is 0 Å². The molecule has 2 aromatic carbocycles. The number of hydrogen-bond acceptors (Lipinski definition) is 5. The van der Waals surface area contributed by atoms with E-state index in [1.807, 2.05) is 41.3 Å². The molecule has 1 aliphatic carbocycles. The average Bonchev–Trinajstić information content (AvgIpc) is 3.56. The summed E-state index contributed by atoms with van der Waals surface area (Å²) in [6.07, 6.45) is 2.80. The van der Waals surface area contributed by atoms with E-state index in [0.29, 0.717) is 32.1 Å². The van der Waals surface area contributed by atoms with Crippen molar-refractivity contribution >= 4 is 11.8 Å². The fourth-order valence-electron chi connectivity index (χ4n) is 4.42. The van der Waals surface area contributed by atoms with Gasteiger partial charge in [-0.25, -0.2) is 0 Å². The Bertz CT molecular complexity index is 1090. The van der Waals surface area contributed by atoms with Crippen molar-refractivity contribution in [1.29, 1.82) is 0 Å². The molecule has 3 aromatic rings. The smallest absolute Gasteiger partial charge is 0.233 e. The predicted molar refractivity (Wildman–Crippen MR) is 128 cm³/mol. The lowest BCUT2D eigenvalue weighted by atomic mass is 10.0. The van der Waals surface area contributed by atoms with Gasteiger partial charge in [0.1, 0.15) is 5.69 Å². The van der Waals surface area contributed by atoms with Crippen molar-refractivity contribution < 1.29 is 14.1 Å². The Balaban J connectivity index is 1.47. The van der Waals surface area contributed by atoms with Gasteiger partial charge in [-0.1, -0.05) is 59.3 Å². The summed E-state index contributed by atoms with van der Waals surface area (Å²) in [6, 6.07) is 18.3. The Morgan fingerprint density at radius 2 is 1.88 bits per heavy atom. The highest BCUT2D eigenvalue weighted by atomic mass is 16.5. The number of benzene rings is 2. The van der Waals surface area contributed by atoms with Gasteiger partial charge >= 0.3 is 0 Å². The third-order valence-corrected chi connectivity index (χ3v) is 6.43. The van der Waals surface area contributed by atoms with Gasteiger partial charge in [0.25, 0.3) is 0 Å². The lowest BCUT2D eigenvalue weighted by Gasteiger charge is -2.28. The van der Waals surface area contributed by atoms with Crippen molar-refractivity contribution in [1.82, 2.24) is 10.1 Å². The number of carbonyl (C=O) groups excluding carboxylic acids is 1. The van der Waals surface area contributed by atoms with Gasteiger partial charge in [0.05, 0.1) is 31.7 Å². The van der Waals surface area contributed by atoms with Crippen molar-refractivity contribution in [2.45, 2.75) is 32.7 Å². The van der Waals surface area contributed by atoms with Crippen LogP contribution >= 0.6 is 0 Å². The molecule has 0 N–H and O–H groups in total. The molecule has 0 atom stereocenters. The predicted octanol–water partition coefficient (Wildman–Crippen LogP) is 4.47. The summed E-state index contributed by atoms with van der Waals surface area (Å²) in [5, 5.41) is 4.50. The maximum atomic E-state index is 13.4. The Hall–Kier alpha value is -3.12. The summed E-state index contributed by atoms with van der Waals surface area (Å²) in [5.41, 5.74) is 5.05. The number of hydrogen-bond donors (Lipinski definition) is 0. The van der Waals surface area contributed by atoms with Crippen LogP contribution in [0.3, 0.4) is 0 Å². The van der Waals surface area contributed by atoms with Crippen LogP contribution in [0, 0.1) is 12.8 Å². The Labute approximate surface area is 195 Å². The monoisotopic (exact) mass is 445 g/mol. The number of aryl methyl sites for hydroxylation is 1. The van der Waals surface area contributed by atoms with E-state index in [-0.39, 0.29) is 5.91 Å². The molecule has 1 saturated heterocycles. The molecule has 6 heteroatoms. The minimum atomic E-state index is 0.150. The van der Waals surface area contributed by atoms with Crippen molar-refractivity contribution in [3.05, 3.63) is 71.3 Å². The molecule has 172 valence electrons.